The van der Waals surface area contributed by atoms with Gasteiger partial charge in [-0.25, -0.2) is 10.2 Å². The summed E-state index contributed by atoms with van der Waals surface area (Å²) < 4.78 is 17.7. The van der Waals surface area contributed by atoms with Gasteiger partial charge in [-0.05, 0) is 63.2 Å². The lowest BCUT2D eigenvalue weighted by molar-refractivity contribution is 0.0526. The highest BCUT2D eigenvalue weighted by atomic mass is 16.7. The fraction of sp³-hybridized carbons (Fsp3) is 0.208. The van der Waals surface area contributed by atoms with Crippen molar-refractivity contribution in [3.63, 3.8) is 0 Å². The highest BCUT2D eigenvalue weighted by Crippen LogP contribution is 2.32. The first kappa shape index (κ1) is 21.2. The van der Waals surface area contributed by atoms with Crippen LogP contribution in [0.2, 0.25) is 0 Å². The van der Waals surface area contributed by atoms with E-state index < -0.39 is 0 Å². The van der Waals surface area contributed by atoms with Crippen LogP contribution >= 0.6 is 0 Å². The molecular weight excluding hydrogens is 410 g/mol. The molecule has 0 saturated heterocycles. The second kappa shape index (κ2) is 8.97. The summed E-state index contributed by atoms with van der Waals surface area (Å²) in [5.74, 6) is 0.445. The fourth-order valence-corrected chi connectivity index (χ4v) is 3.56. The van der Waals surface area contributed by atoms with Crippen LogP contribution in [0.25, 0.3) is 5.69 Å². The summed E-state index contributed by atoms with van der Waals surface area (Å²) in [4.78, 5) is 24.5. The van der Waals surface area contributed by atoms with Crippen LogP contribution < -0.4 is 14.9 Å². The van der Waals surface area contributed by atoms with Crippen molar-refractivity contribution in [2.45, 2.75) is 20.8 Å². The quantitative estimate of drug-likeness (QED) is 0.363. The Balaban J connectivity index is 1.51. The molecule has 1 aliphatic heterocycles. The van der Waals surface area contributed by atoms with E-state index in [9.17, 15) is 9.59 Å². The molecule has 0 bridgehead atoms. The number of ether oxygens (including phenoxy) is 3. The number of carbonyl (C=O) groups is 2. The van der Waals surface area contributed by atoms with Crippen LogP contribution in [0.1, 0.15) is 44.6 Å². The first-order chi connectivity index (χ1) is 15.5. The van der Waals surface area contributed by atoms with Crippen LogP contribution in [0.4, 0.5) is 0 Å². The number of aryl methyl sites for hydroxylation is 1. The zero-order chi connectivity index (χ0) is 22.7. The van der Waals surface area contributed by atoms with Gasteiger partial charge in [-0.2, -0.15) is 5.10 Å². The molecule has 1 aliphatic rings. The van der Waals surface area contributed by atoms with Gasteiger partial charge in [0.2, 0.25) is 6.79 Å². The number of benzene rings is 2. The number of carbonyl (C=O) groups excluding carboxylic acids is 2. The Hall–Kier alpha value is -4.07. The minimum absolute atomic E-state index is 0.150. The number of hydrazone groups is 1. The predicted octanol–water partition coefficient (Wildman–Crippen LogP) is 3.76. The van der Waals surface area contributed by atoms with Gasteiger partial charge in [0.1, 0.15) is 0 Å². The van der Waals surface area contributed by atoms with Gasteiger partial charge in [-0.1, -0.05) is 6.07 Å². The maximum absolute atomic E-state index is 12.4. The molecule has 0 aliphatic carbocycles. The smallest absolute Gasteiger partial charge is 0.338 e. The van der Waals surface area contributed by atoms with Gasteiger partial charge >= 0.3 is 5.97 Å². The van der Waals surface area contributed by atoms with E-state index in [4.69, 9.17) is 14.2 Å². The van der Waals surface area contributed by atoms with Gasteiger partial charge in [0.15, 0.2) is 11.5 Å². The lowest BCUT2D eigenvalue weighted by Crippen LogP contribution is -2.17. The van der Waals surface area contributed by atoms with Crippen LogP contribution in [-0.4, -0.2) is 36.1 Å². The van der Waals surface area contributed by atoms with Crippen LogP contribution in [0.5, 0.6) is 11.5 Å². The van der Waals surface area contributed by atoms with Crippen LogP contribution in [-0.2, 0) is 4.74 Å². The third-order valence-electron chi connectivity index (χ3n) is 5.09. The largest absolute Gasteiger partial charge is 0.462 e. The fourth-order valence-electron chi connectivity index (χ4n) is 3.56. The molecule has 0 spiro atoms. The predicted molar refractivity (Wildman–Crippen MR) is 119 cm³/mol. The molecule has 1 amide bonds. The van der Waals surface area contributed by atoms with Crippen molar-refractivity contribution in [3.05, 3.63) is 76.6 Å². The van der Waals surface area contributed by atoms with Crippen molar-refractivity contribution in [2.24, 2.45) is 5.10 Å². The number of hydrogen-bond donors (Lipinski definition) is 1. The Labute approximate surface area is 185 Å². The summed E-state index contributed by atoms with van der Waals surface area (Å²) >= 11 is 0. The summed E-state index contributed by atoms with van der Waals surface area (Å²) in [6.07, 6.45) is 1.60. The molecule has 32 heavy (non-hydrogen) atoms. The first-order valence-corrected chi connectivity index (χ1v) is 10.2. The van der Waals surface area contributed by atoms with Crippen molar-refractivity contribution < 1.29 is 23.8 Å². The lowest BCUT2D eigenvalue weighted by atomic mass is 10.2. The number of hydrogen-bond acceptors (Lipinski definition) is 6. The lowest BCUT2D eigenvalue weighted by Gasteiger charge is -2.11. The molecule has 0 fully saturated rings. The molecule has 0 unspecified atom stereocenters. The minimum atomic E-state index is -0.357. The van der Waals surface area contributed by atoms with E-state index in [0.29, 0.717) is 29.2 Å². The molecule has 4 rings (SSSR count). The maximum atomic E-state index is 12.4. The Kier molecular flexibility index (Phi) is 5.93. The zero-order valence-electron chi connectivity index (χ0n) is 18.0. The second-order valence-electron chi connectivity index (χ2n) is 7.20. The number of nitrogens with zero attached hydrogens (tertiary/aromatic N) is 2. The SMILES string of the molecule is CCOC(=O)c1cccc(-n2c(C)cc(/C=N\NC(=O)c3ccc4c(c3)OCO4)c2C)c1. The van der Waals surface area contributed by atoms with Gasteiger partial charge in [0.05, 0.1) is 18.4 Å². The van der Waals surface area contributed by atoms with Gasteiger partial charge < -0.3 is 18.8 Å². The second-order valence-corrected chi connectivity index (χ2v) is 7.20. The Morgan fingerprint density at radius 3 is 2.72 bits per heavy atom. The van der Waals surface area contributed by atoms with E-state index >= 15 is 0 Å². The molecule has 0 radical (unpaired) electrons. The van der Waals surface area contributed by atoms with Gasteiger partial charge in [0, 0.05) is 28.2 Å². The number of aromatic nitrogens is 1. The highest BCUT2D eigenvalue weighted by molar-refractivity contribution is 5.95. The summed E-state index contributed by atoms with van der Waals surface area (Å²) in [6, 6.07) is 14.2. The van der Waals surface area contributed by atoms with E-state index in [-0.39, 0.29) is 18.7 Å². The molecule has 2 aromatic carbocycles. The minimum Gasteiger partial charge on any atom is -0.462 e. The first-order valence-electron chi connectivity index (χ1n) is 10.2. The van der Waals surface area contributed by atoms with E-state index in [1.807, 2.05) is 36.6 Å². The average Bonchev–Trinajstić information content (AvgIpc) is 3.37. The summed E-state index contributed by atoms with van der Waals surface area (Å²) in [7, 11) is 0. The number of fused-ring (bicyclic) bond motifs is 1. The molecule has 1 aromatic heterocycles. The molecule has 0 atom stereocenters. The van der Waals surface area contributed by atoms with E-state index in [0.717, 1.165) is 22.6 Å². The van der Waals surface area contributed by atoms with Gasteiger partial charge in [-0.15, -0.1) is 0 Å². The van der Waals surface area contributed by atoms with E-state index in [2.05, 4.69) is 10.5 Å². The molecule has 164 valence electrons. The molecule has 8 nitrogen and oxygen atoms in total. The summed E-state index contributed by atoms with van der Waals surface area (Å²) in [5, 5.41) is 4.11. The number of nitrogens with one attached hydrogen (secondary N) is 1. The number of rotatable bonds is 6. The van der Waals surface area contributed by atoms with Crippen LogP contribution in [0, 0.1) is 13.8 Å². The Morgan fingerprint density at radius 2 is 1.91 bits per heavy atom. The number of amides is 1. The molecule has 3 aromatic rings. The van der Waals surface area contributed by atoms with E-state index in [1.54, 1.807) is 43.5 Å². The molecule has 1 N–H and O–H groups in total. The normalized spacial score (nSPS) is 12.2. The monoisotopic (exact) mass is 433 g/mol. The average molecular weight is 433 g/mol. The van der Waals surface area contributed by atoms with Crippen molar-refractivity contribution in [2.75, 3.05) is 13.4 Å². The van der Waals surface area contributed by atoms with Gasteiger partial charge in [-0.3, -0.25) is 4.79 Å². The highest BCUT2D eigenvalue weighted by Gasteiger charge is 2.16. The topological polar surface area (TPSA) is 91.2 Å². The standard InChI is InChI=1S/C24H23N3O5/c1-4-30-24(29)18-6-5-7-20(11-18)27-15(2)10-19(16(27)3)13-25-26-23(28)17-8-9-21-22(12-17)32-14-31-21/h5-13H,4,14H2,1-3H3,(H,26,28)/b25-13-. The Morgan fingerprint density at radius 1 is 1.09 bits per heavy atom. The molecule has 8 heteroatoms. The summed E-state index contributed by atoms with van der Waals surface area (Å²) in [5.41, 5.74) is 7.02. The molecule has 2 heterocycles. The third-order valence-corrected chi connectivity index (χ3v) is 5.09. The third kappa shape index (κ3) is 4.20. The van der Waals surface area contributed by atoms with Gasteiger partial charge in [0.25, 0.3) is 5.91 Å². The Bertz CT molecular complexity index is 1210. The van der Waals surface area contributed by atoms with Crippen molar-refractivity contribution >= 4 is 18.1 Å². The van der Waals surface area contributed by atoms with Crippen molar-refractivity contribution in [1.29, 1.82) is 0 Å². The summed E-state index contributed by atoms with van der Waals surface area (Å²) in [6.45, 7) is 6.16. The zero-order valence-corrected chi connectivity index (χ0v) is 18.0. The van der Waals surface area contributed by atoms with Crippen LogP contribution in [0.15, 0.2) is 53.6 Å². The molecular formula is C24H23N3O5. The molecule has 0 saturated carbocycles. The van der Waals surface area contributed by atoms with Crippen molar-refractivity contribution in [3.8, 4) is 17.2 Å². The number of esters is 1. The van der Waals surface area contributed by atoms with Crippen molar-refractivity contribution in [1.82, 2.24) is 9.99 Å². The maximum Gasteiger partial charge on any atom is 0.338 e. The van der Waals surface area contributed by atoms with Crippen LogP contribution in [0.3, 0.4) is 0 Å². The van der Waals surface area contributed by atoms with E-state index in [1.165, 1.54) is 0 Å².